The van der Waals surface area contributed by atoms with Gasteiger partial charge in [-0.3, -0.25) is 4.79 Å². The minimum absolute atomic E-state index is 0.477. The van der Waals surface area contributed by atoms with Crippen LogP contribution in [0.3, 0.4) is 0 Å². The molecule has 0 aromatic heterocycles. The molecule has 0 amide bonds. The molecule has 1 atom stereocenters. The number of carboxylic acids is 1. The van der Waals surface area contributed by atoms with E-state index in [2.05, 4.69) is 5.32 Å². The lowest BCUT2D eigenvalue weighted by atomic mass is 10.1. The summed E-state index contributed by atoms with van der Waals surface area (Å²) in [6, 6.07) is 9.45. The molecule has 4 heteroatoms. The molecule has 1 aromatic rings. The van der Waals surface area contributed by atoms with E-state index in [1.807, 2.05) is 30.3 Å². The van der Waals surface area contributed by atoms with Gasteiger partial charge in [0.15, 0.2) is 0 Å². The summed E-state index contributed by atoms with van der Waals surface area (Å²) in [4.78, 5) is 10.7. The van der Waals surface area contributed by atoms with E-state index in [9.17, 15) is 4.79 Å². The number of ether oxygens (including phenoxy) is 1. The standard InChI is InChI=1S/C13H19NO3/c1-14-12(13(15)16)8-5-9-17-10-11-6-3-2-4-7-11/h2-4,6-7,12,14H,5,8-10H2,1H3,(H,15,16)/t12-/m0/s1. The molecule has 0 aliphatic carbocycles. The third-order valence-electron chi connectivity index (χ3n) is 2.54. The van der Waals surface area contributed by atoms with Gasteiger partial charge in [0.1, 0.15) is 6.04 Å². The summed E-state index contributed by atoms with van der Waals surface area (Å²) in [5.74, 6) is -0.810. The van der Waals surface area contributed by atoms with Crippen molar-refractivity contribution < 1.29 is 14.6 Å². The number of aliphatic carboxylic acids is 1. The first-order valence-electron chi connectivity index (χ1n) is 5.75. The van der Waals surface area contributed by atoms with Crippen LogP contribution in [0.1, 0.15) is 18.4 Å². The fourth-order valence-corrected chi connectivity index (χ4v) is 1.55. The van der Waals surface area contributed by atoms with Crippen molar-refractivity contribution in [1.82, 2.24) is 5.32 Å². The van der Waals surface area contributed by atoms with Gasteiger partial charge in [0.25, 0.3) is 0 Å². The van der Waals surface area contributed by atoms with Crippen molar-refractivity contribution in [1.29, 1.82) is 0 Å². The van der Waals surface area contributed by atoms with Crippen LogP contribution in [0.2, 0.25) is 0 Å². The smallest absolute Gasteiger partial charge is 0.320 e. The monoisotopic (exact) mass is 237 g/mol. The molecule has 0 saturated carbocycles. The fraction of sp³-hybridized carbons (Fsp3) is 0.462. The second kappa shape index (κ2) is 7.81. The van der Waals surface area contributed by atoms with Crippen molar-refractivity contribution in [3.63, 3.8) is 0 Å². The molecule has 0 unspecified atom stereocenters. The Kier molecular flexibility index (Phi) is 6.29. The van der Waals surface area contributed by atoms with Gasteiger partial charge in [0.05, 0.1) is 6.61 Å². The van der Waals surface area contributed by atoms with Crippen LogP contribution in [0.5, 0.6) is 0 Å². The summed E-state index contributed by atoms with van der Waals surface area (Å²) in [5, 5.41) is 11.6. The zero-order valence-corrected chi connectivity index (χ0v) is 10.1. The lowest BCUT2D eigenvalue weighted by Crippen LogP contribution is -2.33. The van der Waals surface area contributed by atoms with Crippen molar-refractivity contribution >= 4 is 5.97 Å². The number of hydrogen-bond donors (Lipinski definition) is 2. The third kappa shape index (κ3) is 5.47. The van der Waals surface area contributed by atoms with E-state index >= 15 is 0 Å². The highest BCUT2D eigenvalue weighted by molar-refractivity contribution is 5.73. The second-order valence-electron chi connectivity index (χ2n) is 3.86. The summed E-state index contributed by atoms with van der Waals surface area (Å²) in [5.41, 5.74) is 1.14. The molecule has 1 aromatic carbocycles. The van der Waals surface area contributed by atoms with E-state index in [0.717, 1.165) is 12.0 Å². The van der Waals surface area contributed by atoms with E-state index in [4.69, 9.17) is 9.84 Å². The maximum Gasteiger partial charge on any atom is 0.320 e. The number of likely N-dealkylation sites (N-methyl/N-ethyl adjacent to an activating group) is 1. The van der Waals surface area contributed by atoms with Gasteiger partial charge in [-0.15, -0.1) is 0 Å². The molecule has 1 rings (SSSR count). The normalized spacial score (nSPS) is 12.3. The van der Waals surface area contributed by atoms with Crippen LogP contribution in [0.4, 0.5) is 0 Å². The van der Waals surface area contributed by atoms with Gasteiger partial charge in [-0.05, 0) is 25.5 Å². The quantitative estimate of drug-likeness (QED) is 0.675. The molecule has 17 heavy (non-hydrogen) atoms. The van der Waals surface area contributed by atoms with Crippen LogP contribution < -0.4 is 5.32 Å². The van der Waals surface area contributed by atoms with Crippen LogP contribution in [0.25, 0.3) is 0 Å². The maximum absolute atomic E-state index is 10.7. The molecule has 0 spiro atoms. The Labute approximate surface area is 102 Å². The molecular weight excluding hydrogens is 218 g/mol. The van der Waals surface area contributed by atoms with Gasteiger partial charge in [-0.1, -0.05) is 30.3 Å². The predicted molar refractivity (Wildman–Crippen MR) is 65.8 cm³/mol. The van der Waals surface area contributed by atoms with Gasteiger partial charge in [-0.25, -0.2) is 0 Å². The highest BCUT2D eigenvalue weighted by atomic mass is 16.5. The number of nitrogens with one attached hydrogen (secondary N) is 1. The van der Waals surface area contributed by atoms with E-state index < -0.39 is 12.0 Å². The minimum atomic E-state index is -0.810. The number of rotatable bonds is 8. The zero-order chi connectivity index (χ0) is 12.5. The maximum atomic E-state index is 10.7. The number of carbonyl (C=O) groups is 1. The van der Waals surface area contributed by atoms with Gasteiger partial charge in [0.2, 0.25) is 0 Å². The Morgan fingerprint density at radius 1 is 1.41 bits per heavy atom. The molecule has 0 bridgehead atoms. The highest BCUT2D eigenvalue weighted by Gasteiger charge is 2.13. The lowest BCUT2D eigenvalue weighted by molar-refractivity contribution is -0.139. The van der Waals surface area contributed by atoms with Crippen molar-refractivity contribution in [2.45, 2.75) is 25.5 Å². The highest BCUT2D eigenvalue weighted by Crippen LogP contribution is 2.03. The Balaban J connectivity index is 2.10. The van der Waals surface area contributed by atoms with Crippen LogP contribution in [-0.4, -0.2) is 30.8 Å². The van der Waals surface area contributed by atoms with Crippen LogP contribution in [0, 0.1) is 0 Å². The zero-order valence-electron chi connectivity index (χ0n) is 10.1. The molecule has 0 fully saturated rings. The predicted octanol–water partition coefficient (Wildman–Crippen LogP) is 1.66. The first-order chi connectivity index (χ1) is 8.24. The van der Waals surface area contributed by atoms with E-state index in [-0.39, 0.29) is 0 Å². The first kappa shape index (κ1) is 13.7. The molecular formula is C13H19NO3. The molecule has 4 nitrogen and oxygen atoms in total. The minimum Gasteiger partial charge on any atom is -0.480 e. The number of carboxylic acid groups (broad SMARTS) is 1. The molecule has 94 valence electrons. The van der Waals surface area contributed by atoms with E-state index in [0.29, 0.717) is 19.6 Å². The summed E-state index contributed by atoms with van der Waals surface area (Å²) in [6.45, 7) is 1.17. The lowest BCUT2D eigenvalue weighted by Gasteiger charge is -2.10. The molecule has 0 radical (unpaired) electrons. The summed E-state index contributed by atoms with van der Waals surface area (Å²) >= 11 is 0. The molecule has 2 N–H and O–H groups in total. The molecule has 0 saturated heterocycles. The summed E-state index contributed by atoms with van der Waals surface area (Å²) in [7, 11) is 1.66. The average molecular weight is 237 g/mol. The van der Waals surface area contributed by atoms with Gasteiger partial charge >= 0.3 is 5.97 Å². The number of benzene rings is 1. The Morgan fingerprint density at radius 3 is 2.71 bits per heavy atom. The number of hydrogen-bond acceptors (Lipinski definition) is 3. The van der Waals surface area contributed by atoms with E-state index in [1.165, 1.54) is 0 Å². The largest absolute Gasteiger partial charge is 0.480 e. The topological polar surface area (TPSA) is 58.6 Å². The van der Waals surface area contributed by atoms with Crippen molar-refractivity contribution in [2.24, 2.45) is 0 Å². The van der Waals surface area contributed by atoms with Gasteiger partial charge < -0.3 is 15.2 Å². The van der Waals surface area contributed by atoms with Crippen molar-refractivity contribution in [3.8, 4) is 0 Å². The van der Waals surface area contributed by atoms with Crippen molar-refractivity contribution in [2.75, 3.05) is 13.7 Å². The van der Waals surface area contributed by atoms with Crippen molar-refractivity contribution in [3.05, 3.63) is 35.9 Å². The molecule has 0 aliphatic heterocycles. The van der Waals surface area contributed by atoms with Crippen LogP contribution in [0.15, 0.2) is 30.3 Å². The Hall–Kier alpha value is -1.39. The molecule has 0 heterocycles. The Morgan fingerprint density at radius 2 is 2.12 bits per heavy atom. The van der Waals surface area contributed by atoms with E-state index in [1.54, 1.807) is 7.05 Å². The SMILES string of the molecule is CN[C@@H](CCCOCc1ccccc1)C(=O)O. The van der Waals surface area contributed by atoms with Gasteiger partial charge in [-0.2, -0.15) is 0 Å². The first-order valence-corrected chi connectivity index (χ1v) is 5.75. The summed E-state index contributed by atoms with van der Waals surface area (Å²) in [6.07, 6.45) is 1.32. The van der Waals surface area contributed by atoms with Crippen LogP contribution in [-0.2, 0) is 16.1 Å². The Bertz CT molecular complexity index is 327. The van der Waals surface area contributed by atoms with Gasteiger partial charge in [0, 0.05) is 6.61 Å². The molecule has 0 aliphatic rings. The van der Waals surface area contributed by atoms with Crippen LogP contribution >= 0.6 is 0 Å². The fourth-order valence-electron chi connectivity index (χ4n) is 1.55. The third-order valence-corrected chi connectivity index (χ3v) is 2.54. The average Bonchev–Trinajstić information content (AvgIpc) is 2.34. The summed E-state index contributed by atoms with van der Waals surface area (Å²) < 4.78 is 5.47. The second-order valence-corrected chi connectivity index (χ2v) is 3.86.